The quantitative estimate of drug-likeness (QED) is 0.644. The minimum absolute atomic E-state index is 0.0207. The van der Waals surface area contributed by atoms with E-state index in [0.717, 1.165) is 11.3 Å². The van der Waals surface area contributed by atoms with Gasteiger partial charge in [0.2, 0.25) is 11.8 Å². The summed E-state index contributed by atoms with van der Waals surface area (Å²) in [7, 11) is 1.68. The lowest BCUT2D eigenvalue weighted by atomic mass is 10.1. The summed E-state index contributed by atoms with van der Waals surface area (Å²) in [5.41, 5.74) is 2.13. The topological polar surface area (TPSA) is 117 Å². The van der Waals surface area contributed by atoms with Crippen LogP contribution in [0.2, 0.25) is 0 Å². The summed E-state index contributed by atoms with van der Waals surface area (Å²) in [4.78, 5) is 22.4. The lowest BCUT2D eigenvalue weighted by Gasteiger charge is -2.15. The number of carbonyl (C=O) groups excluding carboxylic acids is 1. The molecule has 9 heteroatoms. The Morgan fingerprint density at radius 2 is 2.00 bits per heavy atom. The van der Waals surface area contributed by atoms with Crippen molar-refractivity contribution in [2.24, 2.45) is 0 Å². The first kappa shape index (κ1) is 18.5. The smallest absolute Gasteiger partial charge is 0.254 e. The zero-order valence-corrected chi connectivity index (χ0v) is 15.1. The van der Waals surface area contributed by atoms with Crippen LogP contribution in [0.5, 0.6) is 0 Å². The van der Waals surface area contributed by atoms with Crippen molar-refractivity contribution in [2.45, 2.75) is 13.5 Å². The van der Waals surface area contributed by atoms with Crippen LogP contribution in [0.4, 0.5) is 5.82 Å². The molecule has 0 saturated carbocycles. The van der Waals surface area contributed by atoms with Crippen LogP contribution in [0.25, 0.3) is 11.3 Å². The molecule has 1 aromatic carbocycles. The Bertz CT molecular complexity index is 909. The van der Waals surface area contributed by atoms with Crippen LogP contribution in [0.3, 0.4) is 0 Å². The normalized spacial score (nSPS) is 10.6. The fourth-order valence-corrected chi connectivity index (χ4v) is 2.48. The fraction of sp³-hybridized carbons (Fsp3) is 0.278. The molecule has 3 aromatic rings. The van der Waals surface area contributed by atoms with Crippen LogP contribution >= 0.6 is 0 Å². The third kappa shape index (κ3) is 4.64. The van der Waals surface area contributed by atoms with E-state index >= 15 is 0 Å². The van der Waals surface area contributed by atoms with Crippen molar-refractivity contribution in [3.63, 3.8) is 0 Å². The van der Waals surface area contributed by atoms with Crippen molar-refractivity contribution in [1.82, 2.24) is 25.1 Å². The van der Waals surface area contributed by atoms with E-state index in [1.165, 1.54) is 11.2 Å². The maximum atomic E-state index is 12.6. The number of anilines is 1. The van der Waals surface area contributed by atoms with Gasteiger partial charge in [-0.3, -0.25) is 4.79 Å². The first-order valence-electron chi connectivity index (χ1n) is 8.38. The van der Waals surface area contributed by atoms with E-state index in [2.05, 4.69) is 25.5 Å². The molecule has 27 heavy (non-hydrogen) atoms. The molecule has 0 aliphatic carbocycles. The van der Waals surface area contributed by atoms with E-state index in [4.69, 9.17) is 9.52 Å². The summed E-state index contributed by atoms with van der Waals surface area (Å²) in [6.07, 6.45) is 1.45. The Morgan fingerprint density at radius 3 is 2.67 bits per heavy atom. The van der Waals surface area contributed by atoms with Crippen LogP contribution in [0.1, 0.15) is 22.1 Å². The van der Waals surface area contributed by atoms with Gasteiger partial charge >= 0.3 is 0 Å². The third-order valence-electron chi connectivity index (χ3n) is 3.80. The number of hydrogen-bond acceptors (Lipinski definition) is 8. The molecule has 2 N–H and O–H groups in total. The lowest BCUT2D eigenvalue weighted by Crippen LogP contribution is -2.26. The molecule has 0 fully saturated rings. The summed E-state index contributed by atoms with van der Waals surface area (Å²) in [5.74, 6) is 1.34. The maximum absolute atomic E-state index is 12.6. The highest BCUT2D eigenvalue weighted by molar-refractivity contribution is 5.94. The predicted molar refractivity (Wildman–Crippen MR) is 97.9 cm³/mol. The first-order chi connectivity index (χ1) is 13.1. The number of rotatable bonds is 7. The molecule has 9 nitrogen and oxygen atoms in total. The number of aromatic nitrogens is 4. The van der Waals surface area contributed by atoms with Gasteiger partial charge in [-0.2, -0.15) is 0 Å². The van der Waals surface area contributed by atoms with E-state index in [-0.39, 0.29) is 19.1 Å². The highest BCUT2D eigenvalue weighted by Gasteiger charge is 2.15. The number of hydrogen-bond donors (Lipinski definition) is 2. The van der Waals surface area contributed by atoms with Gasteiger partial charge in [0.15, 0.2) is 0 Å². The zero-order valence-electron chi connectivity index (χ0n) is 15.1. The second-order valence-corrected chi connectivity index (χ2v) is 5.89. The molecule has 3 rings (SSSR count). The standard InChI is InChI=1S/C18H20N6O3/c1-12-22-23-17(27-12)10-24(2)18(26)14-5-3-13(4-6-14)15-9-16(19-7-8-25)21-11-20-15/h3-6,9,11,25H,7-8,10H2,1-2H3,(H,19,20,21). The van der Waals surface area contributed by atoms with Crippen molar-refractivity contribution in [3.8, 4) is 11.3 Å². The van der Waals surface area contributed by atoms with Gasteiger partial charge in [-0.1, -0.05) is 12.1 Å². The van der Waals surface area contributed by atoms with Gasteiger partial charge in [0, 0.05) is 37.7 Å². The molecule has 140 valence electrons. The minimum atomic E-state index is -0.148. The van der Waals surface area contributed by atoms with Gasteiger partial charge in [-0.25, -0.2) is 9.97 Å². The van der Waals surface area contributed by atoms with Crippen LogP contribution in [0.15, 0.2) is 41.1 Å². The highest BCUT2D eigenvalue weighted by atomic mass is 16.4. The third-order valence-corrected chi connectivity index (χ3v) is 3.80. The van der Waals surface area contributed by atoms with Crippen molar-refractivity contribution < 1.29 is 14.3 Å². The summed E-state index contributed by atoms with van der Waals surface area (Å²) in [6.45, 7) is 2.38. The number of aliphatic hydroxyl groups excluding tert-OH is 1. The average Bonchev–Trinajstić information content (AvgIpc) is 3.10. The SMILES string of the molecule is Cc1nnc(CN(C)C(=O)c2ccc(-c3cc(NCCO)ncn3)cc2)o1. The van der Waals surface area contributed by atoms with Crippen molar-refractivity contribution in [1.29, 1.82) is 0 Å². The maximum Gasteiger partial charge on any atom is 0.254 e. The number of nitrogens with zero attached hydrogens (tertiary/aromatic N) is 5. The average molecular weight is 368 g/mol. The van der Waals surface area contributed by atoms with E-state index in [0.29, 0.717) is 29.7 Å². The molecule has 0 atom stereocenters. The van der Waals surface area contributed by atoms with Gasteiger partial charge in [-0.15, -0.1) is 10.2 Å². The molecule has 0 saturated heterocycles. The van der Waals surface area contributed by atoms with E-state index in [1.807, 2.05) is 12.1 Å². The zero-order chi connectivity index (χ0) is 19.2. The molecule has 1 amide bonds. The molecule has 0 aliphatic rings. The van der Waals surface area contributed by atoms with Crippen LogP contribution < -0.4 is 5.32 Å². The Balaban J connectivity index is 1.70. The van der Waals surface area contributed by atoms with Gasteiger partial charge in [-0.05, 0) is 12.1 Å². The molecule has 0 bridgehead atoms. The minimum Gasteiger partial charge on any atom is -0.424 e. The number of nitrogens with one attached hydrogen (secondary N) is 1. The molecule has 0 unspecified atom stereocenters. The van der Waals surface area contributed by atoms with Gasteiger partial charge < -0.3 is 19.7 Å². The second kappa shape index (κ2) is 8.37. The monoisotopic (exact) mass is 368 g/mol. The predicted octanol–water partition coefficient (Wildman–Crippen LogP) is 1.51. The summed E-state index contributed by atoms with van der Waals surface area (Å²) >= 11 is 0. The molecule has 2 aromatic heterocycles. The van der Waals surface area contributed by atoms with Crippen LogP contribution in [0, 0.1) is 6.92 Å². The van der Waals surface area contributed by atoms with Crippen molar-refractivity contribution in [3.05, 3.63) is 54.0 Å². The lowest BCUT2D eigenvalue weighted by molar-refractivity contribution is 0.0772. The molecule has 0 aliphatic heterocycles. The number of aryl methyl sites for hydroxylation is 1. The molecule has 0 radical (unpaired) electrons. The molecule has 0 spiro atoms. The van der Waals surface area contributed by atoms with Crippen LogP contribution in [-0.2, 0) is 6.54 Å². The van der Waals surface area contributed by atoms with E-state index in [1.54, 1.807) is 32.2 Å². The summed E-state index contributed by atoms with van der Waals surface area (Å²) in [5, 5.41) is 19.5. The number of benzene rings is 1. The van der Waals surface area contributed by atoms with Crippen molar-refractivity contribution in [2.75, 3.05) is 25.5 Å². The second-order valence-electron chi connectivity index (χ2n) is 5.89. The Hall–Kier alpha value is -3.33. The fourth-order valence-electron chi connectivity index (χ4n) is 2.48. The van der Waals surface area contributed by atoms with Gasteiger partial charge in [0.25, 0.3) is 5.91 Å². The molecular weight excluding hydrogens is 348 g/mol. The highest BCUT2D eigenvalue weighted by Crippen LogP contribution is 2.20. The largest absolute Gasteiger partial charge is 0.424 e. The molecular formula is C18H20N6O3. The first-order valence-corrected chi connectivity index (χ1v) is 8.38. The van der Waals surface area contributed by atoms with E-state index in [9.17, 15) is 4.79 Å². The van der Waals surface area contributed by atoms with Crippen molar-refractivity contribution >= 4 is 11.7 Å². The molecule has 2 heterocycles. The Labute approximate surface area is 156 Å². The number of aliphatic hydroxyl groups is 1. The Kier molecular flexibility index (Phi) is 5.72. The van der Waals surface area contributed by atoms with E-state index < -0.39 is 0 Å². The Morgan fingerprint density at radius 1 is 1.22 bits per heavy atom. The van der Waals surface area contributed by atoms with Gasteiger partial charge in [0.05, 0.1) is 18.8 Å². The van der Waals surface area contributed by atoms with Gasteiger partial charge in [0.1, 0.15) is 12.1 Å². The van der Waals surface area contributed by atoms with Crippen LogP contribution in [-0.4, -0.2) is 56.3 Å². The summed E-state index contributed by atoms with van der Waals surface area (Å²) in [6, 6.07) is 8.94. The number of carbonyl (C=O) groups is 1. The summed E-state index contributed by atoms with van der Waals surface area (Å²) < 4.78 is 5.30. The number of amides is 1.